The molecule has 1 aromatic carbocycles. The predicted molar refractivity (Wildman–Crippen MR) is 65.9 cm³/mol. The van der Waals surface area contributed by atoms with Crippen molar-refractivity contribution in [3.63, 3.8) is 0 Å². The average molecular weight is 286 g/mol. The Kier molecular flexibility index (Phi) is 5.38. The average Bonchev–Trinajstić information content (AvgIpc) is 2.38. The summed E-state index contributed by atoms with van der Waals surface area (Å²) < 4.78 is 42.8. The number of carbonyl (C=O) groups excluding carboxylic acids is 1. The first-order valence-corrected chi connectivity index (χ1v) is 5.89. The molecule has 1 rings (SSSR count). The molecule has 7 heteroatoms. The molecule has 0 radical (unpaired) electrons. The van der Waals surface area contributed by atoms with Gasteiger partial charge in [-0.2, -0.15) is 18.4 Å². The molecule has 0 amide bonds. The number of esters is 1. The van der Waals surface area contributed by atoms with Gasteiger partial charge in [-0.15, -0.1) is 0 Å². The lowest BCUT2D eigenvalue weighted by atomic mass is 10.1. The van der Waals surface area contributed by atoms with Crippen LogP contribution in [0.15, 0.2) is 18.2 Å². The minimum Gasteiger partial charge on any atom is -0.466 e. The molecule has 0 atom stereocenters. The summed E-state index contributed by atoms with van der Waals surface area (Å²) in [5, 5.41) is 11.3. The highest BCUT2D eigenvalue weighted by atomic mass is 19.4. The summed E-state index contributed by atoms with van der Waals surface area (Å²) in [6.45, 7) is 2.08. The number of ether oxygens (including phenoxy) is 1. The van der Waals surface area contributed by atoms with Crippen molar-refractivity contribution in [2.24, 2.45) is 0 Å². The molecule has 1 N–H and O–H groups in total. The molecule has 20 heavy (non-hydrogen) atoms. The smallest absolute Gasteiger partial charge is 0.417 e. The lowest BCUT2D eigenvalue weighted by Crippen LogP contribution is -2.13. The van der Waals surface area contributed by atoms with Gasteiger partial charge in [-0.1, -0.05) is 0 Å². The van der Waals surface area contributed by atoms with Crippen LogP contribution in [0.4, 0.5) is 18.9 Å². The van der Waals surface area contributed by atoms with Gasteiger partial charge in [-0.3, -0.25) is 4.79 Å². The van der Waals surface area contributed by atoms with Crippen molar-refractivity contribution in [1.82, 2.24) is 0 Å². The molecule has 0 heterocycles. The van der Waals surface area contributed by atoms with E-state index in [1.54, 1.807) is 6.92 Å². The monoisotopic (exact) mass is 286 g/mol. The highest BCUT2D eigenvalue weighted by Crippen LogP contribution is 2.33. The first-order valence-electron chi connectivity index (χ1n) is 5.89. The van der Waals surface area contributed by atoms with E-state index in [4.69, 9.17) is 10.00 Å². The van der Waals surface area contributed by atoms with Crippen molar-refractivity contribution in [2.75, 3.05) is 18.5 Å². The number of nitriles is 1. The number of benzene rings is 1. The van der Waals surface area contributed by atoms with Crippen LogP contribution in [0.5, 0.6) is 0 Å². The maximum absolute atomic E-state index is 12.7. The first-order chi connectivity index (χ1) is 9.38. The Labute approximate surface area is 114 Å². The Balaban J connectivity index is 2.74. The lowest BCUT2D eigenvalue weighted by Gasteiger charge is -2.12. The van der Waals surface area contributed by atoms with Gasteiger partial charge in [-0.25, -0.2) is 0 Å². The Hall–Kier alpha value is -2.23. The number of alkyl halides is 3. The lowest BCUT2D eigenvalue weighted by molar-refractivity contribution is -0.142. The molecule has 0 fully saturated rings. The molecule has 1 aromatic rings. The standard InChI is InChI=1S/C13H13F3N2O2/c1-2-20-12(19)5-6-18-10-4-3-9(8-17)11(7-10)13(14,15)16/h3-4,7,18H,2,5-6H2,1H3. The number of hydrogen-bond acceptors (Lipinski definition) is 4. The summed E-state index contributed by atoms with van der Waals surface area (Å²) in [6, 6.07) is 4.80. The number of carbonyl (C=O) groups is 1. The Bertz CT molecular complexity index is 521. The fourth-order valence-corrected chi connectivity index (χ4v) is 1.53. The third-order valence-electron chi connectivity index (χ3n) is 2.41. The number of halogens is 3. The van der Waals surface area contributed by atoms with Gasteiger partial charge >= 0.3 is 12.1 Å². The van der Waals surface area contributed by atoms with E-state index in [1.165, 1.54) is 12.1 Å². The third kappa shape index (κ3) is 4.46. The number of nitrogens with zero attached hydrogens (tertiary/aromatic N) is 1. The molecule has 0 bridgehead atoms. The largest absolute Gasteiger partial charge is 0.466 e. The number of anilines is 1. The second-order valence-corrected chi connectivity index (χ2v) is 3.85. The van der Waals surface area contributed by atoms with Crippen LogP contribution >= 0.6 is 0 Å². The fraction of sp³-hybridized carbons (Fsp3) is 0.385. The van der Waals surface area contributed by atoms with Gasteiger partial charge in [0.05, 0.1) is 30.2 Å². The van der Waals surface area contributed by atoms with Crippen LogP contribution in [0, 0.1) is 11.3 Å². The molecule has 4 nitrogen and oxygen atoms in total. The van der Waals surface area contributed by atoms with Crippen molar-refractivity contribution in [2.45, 2.75) is 19.5 Å². The van der Waals surface area contributed by atoms with E-state index in [2.05, 4.69) is 5.32 Å². The highest BCUT2D eigenvalue weighted by molar-refractivity contribution is 5.70. The van der Waals surface area contributed by atoms with Crippen molar-refractivity contribution in [3.8, 4) is 6.07 Å². The molecule has 0 aliphatic carbocycles. The van der Waals surface area contributed by atoms with Crippen LogP contribution in [-0.4, -0.2) is 19.1 Å². The Morgan fingerprint density at radius 2 is 2.15 bits per heavy atom. The molecule has 0 spiro atoms. The zero-order valence-corrected chi connectivity index (χ0v) is 10.8. The molecule has 0 aliphatic rings. The number of rotatable bonds is 5. The summed E-state index contributed by atoms with van der Waals surface area (Å²) in [7, 11) is 0. The summed E-state index contributed by atoms with van der Waals surface area (Å²) >= 11 is 0. The molecule has 0 saturated carbocycles. The minimum absolute atomic E-state index is 0.0508. The van der Waals surface area contributed by atoms with Crippen molar-refractivity contribution >= 4 is 11.7 Å². The summed E-state index contributed by atoms with van der Waals surface area (Å²) in [6.07, 6.45) is -4.54. The van der Waals surface area contributed by atoms with E-state index < -0.39 is 23.3 Å². The van der Waals surface area contributed by atoms with Crippen LogP contribution in [0.2, 0.25) is 0 Å². The van der Waals surface area contributed by atoms with E-state index >= 15 is 0 Å². The van der Waals surface area contributed by atoms with Gasteiger partial charge in [0.2, 0.25) is 0 Å². The van der Waals surface area contributed by atoms with Gasteiger partial charge in [0.25, 0.3) is 0 Å². The number of nitrogens with one attached hydrogen (secondary N) is 1. The Morgan fingerprint density at radius 3 is 2.70 bits per heavy atom. The molecular weight excluding hydrogens is 273 g/mol. The van der Waals surface area contributed by atoms with Crippen LogP contribution in [-0.2, 0) is 15.7 Å². The zero-order chi connectivity index (χ0) is 15.2. The van der Waals surface area contributed by atoms with Gasteiger partial charge in [0.1, 0.15) is 0 Å². The van der Waals surface area contributed by atoms with Gasteiger partial charge in [0, 0.05) is 12.2 Å². The molecule has 0 aliphatic heterocycles. The molecular formula is C13H13F3N2O2. The maximum Gasteiger partial charge on any atom is 0.417 e. The SMILES string of the molecule is CCOC(=O)CCNc1ccc(C#N)c(C(F)(F)F)c1. The van der Waals surface area contributed by atoms with Crippen molar-refractivity contribution in [1.29, 1.82) is 5.26 Å². The second kappa shape index (κ2) is 6.80. The van der Waals surface area contributed by atoms with Gasteiger partial charge in [0.15, 0.2) is 0 Å². The van der Waals surface area contributed by atoms with Crippen LogP contribution in [0.1, 0.15) is 24.5 Å². The quantitative estimate of drug-likeness (QED) is 0.845. The van der Waals surface area contributed by atoms with E-state index in [-0.39, 0.29) is 25.3 Å². The zero-order valence-electron chi connectivity index (χ0n) is 10.8. The van der Waals surface area contributed by atoms with Crippen molar-refractivity contribution in [3.05, 3.63) is 29.3 Å². The van der Waals surface area contributed by atoms with Crippen LogP contribution in [0.3, 0.4) is 0 Å². The van der Waals surface area contributed by atoms with Crippen LogP contribution < -0.4 is 5.32 Å². The molecule has 0 unspecified atom stereocenters. The molecule has 0 aromatic heterocycles. The van der Waals surface area contributed by atoms with Gasteiger partial charge < -0.3 is 10.1 Å². The van der Waals surface area contributed by atoms with E-state index in [9.17, 15) is 18.0 Å². The second-order valence-electron chi connectivity index (χ2n) is 3.85. The van der Waals surface area contributed by atoms with Gasteiger partial charge in [-0.05, 0) is 25.1 Å². The van der Waals surface area contributed by atoms with E-state index in [0.717, 1.165) is 12.1 Å². The highest BCUT2D eigenvalue weighted by Gasteiger charge is 2.33. The maximum atomic E-state index is 12.7. The van der Waals surface area contributed by atoms with Crippen molar-refractivity contribution < 1.29 is 22.7 Å². The van der Waals surface area contributed by atoms with Crippen LogP contribution in [0.25, 0.3) is 0 Å². The van der Waals surface area contributed by atoms with E-state index in [0.29, 0.717) is 0 Å². The molecule has 0 saturated heterocycles. The Morgan fingerprint density at radius 1 is 1.45 bits per heavy atom. The normalized spacial score (nSPS) is 10.8. The fourth-order valence-electron chi connectivity index (χ4n) is 1.53. The van der Waals surface area contributed by atoms with E-state index in [1.807, 2.05) is 0 Å². The third-order valence-corrected chi connectivity index (χ3v) is 2.41. The topological polar surface area (TPSA) is 62.1 Å². The minimum atomic E-state index is -4.59. The first kappa shape index (κ1) is 15.8. The number of hydrogen-bond donors (Lipinski definition) is 1. The predicted octanol–water partition coefficient (Wildman–Crippen LogP) is 2.94. The summed E-state index contributed by atoms with van der Waals surface area (Å²) in [5.41, 5.74) is -1.24. The summed E-state index contributed by atoms with van der Waals surface area (Å²) in [5.74, 6) is -0.426. The molecule has 108 valence electrons. The summed E-state index contributed by atoms with van der Waals surface area (Å²) in [4.78, 5) is 11.1.